The molecule has 0 radical (unpaired) electrons. The second-order valence-electron chi connectivity index (χ2n) is 5.52. The second-order valence-corrected chi connectivity index (χ2v) is 5.52. The van der Waals surface area contributed by atoms with Gasteiger partial charge in [0.15, 0.2) is 0 Å². The number of rotatable bonds is 4. The lowest BCUT2D eigenvalue weighted by molar-refractivity contribution is -0.137. The lowest BCUT2D eigenvalue weighted by Crippen LogP contribution is -2.48. The van der Waals surface area contributed by atoms with Crippen molar-refractivity contribution in [1.29, 1.82) is 0 Å². The lowest BCUT2D eigenvalue weighted by atomic mass is 9.94. The summed E-state index contributed by atoms with van der Waals surface area (Å²) >= 11 is 0. The molecular weight excluding hydrogens is 274 g/mol. The summed E-state index contributed by atoms with van der Waals surface area (Å²) in [5.74, 6) is -0.248. The van der Waals surface area contributed by atoms with Gasteiger partial charge in [-0.25, -0.2) is 0 Å². The number of anilines is 1. The van der Waals surface area contributed by atoms with Crippen LogP contribution in [-0.2, 0) is 16.1 Å². The topological polar surface area (TPSA) is 97.8 Å². The Balaban J connectivity index is 1.99. The SMILES string of the molecule is CN(CC1(O)CCOCC1)C(=O)Cn1cc(N)ccc1=O. The molecule has 1 aliphatic rings. The van der Waals surface area contributed by atoms with E-state index < -0.39 is 5.60 Å². The zero-order valence-corrected chi connectivity index (χ0v) is 12.1. The number of aliphatic hydroxyl groups is 1. The van der Waals surface area contributed by atoms with Crippen LogP contribution in [-0.4, -0.2) is 52.9 Å². The Hall–Kier alpha value is -1.86. The van der Waals surface area contributed by atoms with Crippen molar-refractivity contribution in [2.45, 2.75) is 25.0 Å². The lowest BCUT2D eigenvalue weighted by Gasteiger charge is -2.35. The van der Waals surface area contributed by atoms with Gasteiger partial charge in [0.25, 0.3) is 5.56 Å². The molecule has 0 spiro atoms. The molecule has 1 aromatic rings. The van der Waals surface area contributed by atoms with Crippen LogP contribution in [0.5, 0.6) is 0 Å². The zero-order chi connectivity index (χ0) is 15.5. The average molecular weight is 295 g/mol. The molecule has 1 aromatic heterocycles. The van der Waals surface area contributed by atoms with Crippen LogP contribution in [0.15, 0.2) is 23.1 Å². The highest BCUT2D eigenvalue weighted by molar-refractivity contribution is 5.75. The van der Waals surface area contributed by atoms with Crippen LogP contribution in [0.25, 0.3) is 0 Å². The van der Waals surface area contributed by atoms with Gasteiger partial charge in [-0.3, -0.25) is 9.59 Å². The molecule has 2 heterocycles. The van der Waals surface area contributed by atoms with E-state index in [2.05, 4.69) is 0 Å². The average Bonchev–Trinajstić information content (AvgIpc) is 2.43. The molecule has 1 aliphatic heterocycles. The van der Waals surface area contributed by atoms with E-state index in [-0.39, 0.29) is 24.6 Å². The highest BCUT2D eigenvalue weighted by Gasteiger charge is 2.32. The molecule has 3 N–H and O–H groups in total. The van der Waals surface area contributed by atoms with Crippen LogP contribution in [0.1, 0.15) is 12.8 Å². The van der Waals surface area contributed by atoms with Gasteiger partial charge in [-0.1, -0.05) is 0 Å². The van der Waals surface area contributed by atoms with Crippen LogP contribution >= 0.6 is 0 Å². The molecule has 1 fully saturated rings. The Morgan fingerprint density at radius 2 is 2.14 bits per heavy atom. The van der Waals surface area contributed by atoms with Gasteiger partial charge in [0, 0.05) is 57.6 Å². The quantitative estimate of drug-likeness (QED) is 0.775. The Morgan fingerprint density at radius 3 is 2.81 bits per heavy atom. The first-order valence-electron chi connectivity index (χ1n) is 6.90. The first-order valence-corrected chi connectivity index (χ1v) is 6.90. The molecule has 0 bridgehead atoms. The molecule has 116 valence electrons. The van der Waals surface area contributed by atoms with Gasteiger partial charge in [-0.15, -0.1) is 0 Å². The standard InChI is InChI=1S/C14H21N3O4/c1-16(10-14(20)4-6-21-7-5-14)13(19)9-17-8-11(15)2-3-12(17)18/h2-3,8,20H,4-7,9-10,15H2,1H3. The van der Waals surface area contributed by atoms with Crippen molar-refractivity contribution in [2.75, 3.05) is 32.5 Å². The van der Waals surface area contributed by atoms with E-state index >= 15 is 0 Å². The van der Waals surface area contributed by atoms with Crippen LogP contribution in [0.3, 0.4) is 0 Å². The minimum absolute atomic E-state index is 0.0903. The number of pyridine rings is 1. The van der Waals surface area contributed by atoms with E-state index in [1.165, 1.54) is 27.8 Å². The maximum Gasteiger partial charge on any atom is 0.251 e. The largest absolute Gasteiger partial charge is 0.398 e. The third-order valence-electron chi connectivity index (χ3n) is 3.69. The van der Waals surface area contributed by atoms with Gasteiger partial charge >= 0.3 is 0 Å². The number of aromatic nitrogens is 1. The number of ether oxygens (including phenoxy) is 1. The van der Waals surface area contributed by atoms with Gasteiger partial charge in [0.1, 0.15) is 6.54 Å². The van der Waals surface area contributed by atoms with Crippen molar-refractivity contribution < 1.29 is 14.6 Å². The van der Waals surface area contributed by atoms with E-state index in [9.17, 15) is 14.7 Å². The van der Waals surface area contributed by atoms with Crippen molar-refractivity contribution >= 4 is 11.6 Å². The molecule has 7 heteroatoms. The summed E-state index contributed by atoms with van der Waals surface area (Å²) in [6.07, 6.45) is 2.45. The number of hydrogen-bond donors (Lipinski definition) is 2. The van der Waals surface area contributed by atoms with Gasteiger partial charge in [0.2, 0.25) is 5.91 Å². The number of hydrogen-bond acceptors (Lipinski definition) is 5. The Bertz CT molecular complexity index is 564. The van der Waals surface area contributed by atoms with E-state index in [4.69, 9.17) is 10.5 Å². The molecule has 1 amide bonds. The van der Waals surface area contributed by atoms with Crippen molar-refractivity contribution in [1.82, 2.24) is 9.47 Å². The first-order chi connectivity index (χ1) is 9.89. The normalized spacial score (nSPS) is 17.4. The predicted molar refractivity (Wildman–Crippen MR) is 77.8 cm³/mol. The van der Waals surface area contributed by atoms with Crippen LogP contribution in [0, 0.1) is 0 Å². The van der Waals surface area contributed by atoms with Gasteiger partial charge in [-0.05, 0) is 6.07 Å². The summed E-state index contributed by atoms with van der Waals surface area (Å²) in [7, 11) is 1.62. The Labute approximate surface area is 122 Å². The molecule has 1 saturated heterocycles. The first kappa shape index (κ1) is 15.5. The van der Waals surface area contributed by atoms with Crippen LogP contribution < -0.4 is 11.3 Å². The molecule has 0 atom stereocenters. The highest BCUT2D eigenvalue weighted by atomic mass is 16.5. The fourth-order valence-corrected chi connectivity index (χ4v) is 2.38. The van der Waals surface area contributed by atoms with E-state index in [0.717, 1.165) is 0 Å². The number of carbonyl (C=O) groups excluding carboxylic acids is 1. The number of nitrogens with two attached hydrogens (primary N) is 1. The predicted octanol–water partition coefficient (Wildman–Crippen LogP) is -0.570. The van der Waals surface area contributed by atoms with Gasteiger partial charge in [-0.2, -0.15) is 0 Å². The summed E-state index contributed by atoms with van der Waals surface area (Å²) in [5.41, 5.74) is 4.84. The smallest absolute Gasteiger partial charge is 0.251 e. The minimum Gasteiger partial charge on any atom is -0.398 e. The third kappa shape index (κ3) is 4.05. The number of likely N-dealkylation sites (N-methyl/N-ethyl adjacent to an activating group) is 1. The molecule has 0 unspecified atom stereocenters. The third-order valence-corrected chi connectivity index (χ3v) is 3.69. The molecule has 0 aliphatic carbocycles. The molecule has 7 nitrogen and oxygen atoms in total. The summed E-state index contributed by atoms with van der Waals surface area (Å²) < 4.78 is 6.47. The number of carbonyl (C=O) groups is 1. The van der Waals surface area contributed by atoms with Crippen LogP contribution in [0.4, 0.5) is 5.69 Å². The zero-order valence-electron chi connectivity index (χ0n) is 12.1. The summed E-state index contributed by atoms with van der Waals surface area (Å²) in [6, 6.07) is 2.83. The molecule has 0 saturated carbocycles. The fourth-order valence-electron chi connectivity index (χ4n) is 2.38. The number of nitrogens with zero attached hydrogens (tertiary/aromatic N) is 2. The van der Waals surface area contributed by atoms with E-state index in [0.29, 0.717) is 31.7 Å². The monoisotopic (exact) mass is 295 g/mol. The minimum atomic E-state index is -0.913. The molecule has 2 rings (SSSR count). The second kappa shape index (κ2) is 6.28. The Kier molecular flexibility index (Phi) is 4.64. The molecule has 0 aromatic carbocycles. The maximum absolute atomic E-state index is 12.2. The summed E-state index contributed by atoms with van der Waals surface area (Å²) in [5, 5.41) is 10.4. The maximum atomic E-state index is 12.2. The summed E-state index contributed by atoms with van der Waals surface area (Å²) in [4.78, 5) is 25.3. The molecule has 21 heavy (non-hydrogen) atoms. The van der Waals surface area contributed by atoms with Crippen LogP contribution in [0.2, 0.25) is 0 Å². The van der Waals surface area contributed by atoms with Crippen molar-refractivity contribution in [3.8, 4) is 0 Å². The van der Waals surface area contributed by atoms with Crippen molar-refractivity contribution in [3.63, 3.8) is 0 Å². The van der Waals surface area contributed by atoms with E-state index in [1.54, 1.807) is 7.05 Å². The van der Waals surface area contributed by atoms with Crippen molar-refractivity contribution in [3.05, 3.63) is 28.7 Å². The number of nitrogen functional groups attached to an aromatic ring is 1. The molecular formula is C14H21N3O4. The van der Waals surface area contributed by atoms with E-state index in [1.807, 2.05) is 0 Å². The van der Waals surface area contributed by atoms with Crippen molar-refractivity contribution in [2.24, 2.45) is 0 Å². The highest BCUT2D eigenvalue weighted by Crippen LogP contribution is 2.21. The van der Waals surface area contributed by atoms with Gasteiger partial charge < -0.3 is 25.0 Å². The Morgan fingerprint density at radius 1 is 1.48 bits per heavy atom. The summed E-state index contributed by atoms with van der Waals surface area (Å²) in [6.45, 7) is 1.12. The van der Waals surface area contributed by atoms with Gasteiger partial charge in [0.05, 0.1) is 5.60 Å². The number of amides is 1. The fraction of sp³-hybridized carbons (Fsp3) is 0.571.